The van der Waals surface area contributed by atoms with E-state index in [1.165, 1.54) is 11.4 Å². The van der Waals surface area contributed by atoms with Gasteiger partial charge in [-0.15, -0.1) is 11.3 Å². The minimum Gasteiger partial charge on any atom is -0.477 e. The SMILES string of the molecule is CC1(CNS(=O)(=O)c2ccsc2C(=O)O)CCC1. The third-order valence-corrected chi connectivity index (χ3v) is 5.84. The van der Waals surface area contributed by atoms with E-state index in [4.69, 9.17) is 5.11 Å². The largest absolute Gasteiger partial charge is 0.477 e. The molecule has 1 aliphatic carbocycles. The lowest BCUT2D eigenvalue weighted by molar-refractivity contribution is 0.0698. The first-order valence-corrected chi connectivity index (χ1v) is 8.01. The third-order valence-electron chi connectivity index (χ3n) is 3.36. The van der Waals surface area contributed by atoms with Gasteiger partial charge in [-0.25, -0.2) is 17.9 Å². The van der Waals surface area contributed by atoms with Crippen LogP contribution in [0.15, 0.2) is 16.3 Å². The highest BCUT2D eigenvalue weighted by molar-refractivity contribution is 7.89. The van der Waals surface area contributed by atoms with Crippen molar-refractivity contribution in [1.82, 2.24) is 4.72 Å². The number of rotatable bonds is 5. The fraction of sp³-hybridized carbons (Fsp3) is 0.545. The lowest BCUT2D eigenvalue weighted by Crippen LogP contribution is -2.40. The van der Waals surface area contributed by atoms with Gasteiger partial charge in [0.15, 0.2) is 0 Å². The van der Waals surface area contributed by atoms with Crippen molar-refractivity contribution in [3.8, 4) is 0 Å². The van der Waals surface area contributed by atoms with E-state index in [-0.39, 0.29) is 15.2 Å². The molecule has 0 radical (unpaired) electrons. The number of hydrogen-bond acceptors (Lipinski definition) is 4. The van der Waals surface area contributed by atoms with E-state index in [2.05, 4.69) is 4.72 Å². The van der Waals surface area contributed by atoms with Gasteiger partial charge in [0.05, 0.1) is 0 Å². The number of thiophene rings is 1. The van der Waals surface area contributed by atoms with Crippen molar-refractivity contribution in [1.29, 1.82) is 0 Å². The molecule has 2 rings (SSSR count). The Balaban J connectivity index is 2.15. The standard InChI is InChI=1S/C11H15NO4S2/c1-11(4-2-5-11)7-12-18(15,16)8-3-6-17-9(8)10(13)14/h3,6,12H,2,4-5,7H2,1H3,(H,13,14). The topological polar surface area (TPSA) is 83.5 Å². The van der Waals surface area contributed by atoms with Gasteiger partial charge in [-0.1, -0.05) is 13.3 Å². The summed E-state index contributed by atoms with van der Waals surface area (Å²) in [6.45, 7) is 2.40. The van der Waals surface area contributed by atoms with Crippen LogP contribution in [0.2, 0.25) is 0 Å². The van der Waals surface area contributed by atoms with E-state index in [9.17, 15) is 13.2 Å². The van der Waals surface area contributed by atoms with Crippen LogP contribution in [-0.2, 0) is 10.0 Å². The van der Waals surface area contributed by atoms with Crippen LogP contribution in [0, 0.1) is 5.41 Å². The van der Waals surface area contributed by atoms with Crippen molar-refractivity contribution < 1.29 is 18.3 Å². The highest BCUT2D eigenvalue weighted by Crippen LogP contribution is 2.39. The Labute approximate surface area is 110 Å². The van der Waals surface area contributed by atoms with Gasteiger partial charge in [0, 0.05) is 6.54 Å². The third kappa shape index (κ3) is 2.57. The number of carboxylic acid groups (broad SMARTS) is 1. The molecule has 0 saturated heterocycles. The zero-order chi connectivity index (χ0) is 13.4. The van der Waals surface area contributed by atoms with Gasteiger partial charge in [-0.2, -0.15) is 0 Å². The van der Waals surface area contributed by atoms with Crippen LogP contribution in [0.4, 0.5) is 0 Å². The van der Waals surface area contributed by atoms with Gasteiger partial charge in [0.2, 0.25) is 10.0 Å². The highest BCUT2D eigenvalue weighted by atomic mass is 32.2. The van der Waals surface area contributed by atoms with Gasteiger partial charge in [0.25, 0.3) is 0 Å². The molecule has 1 saturated carbocycles. The van der Waals surface area contributed by atoms with Gasteiger partial charge >= 0.3 is 5.97 Å². The van der Waals surface area contributed by atoms with Crippen molar-refractivity contribution in [3.63, 3.8) is 0 Å². The molecule has 0 aliphatic heterocycles. The lowest BCUT2D eigenvalue weighted by Gasteiger charge is -2.38. The van der Waals surface area contributed by atoms with E-state index < -0.39 is 16.0 Å². The smallest absolute Gasteiger partial charge is 0.347 e. The second-order valence-electron chi connectivity index (χ2n) is 4.91. The molecule has 18 heavy (non-hydrogen) atoms. The molecule has 100 valence electrons. The predicted octanol–water partition coefficient (Wildman–Crippen LogP) is 1.91. The Morgan fingerprint density at radius 3 is 2.72 bits per heavy atom. The molecule has 0 bridgehead atoms. The molecule has 0 unspecified atom stereocenters. The van der Waals surface area contributed by atoms with Gasteiger partial charge < -0.3 is 5.11 Å². The van der Waals surface area contributed by atoms with Crippen LogP contribution in [0.25, 0.3) is 0 Å². The molecule has 7 heteroatoms. The molecule has 0 aromatic carbocycles. The van der Waals surface area contributed by atoms with Crippen LogP contribution >= 0.6 is 11.3 Å². The molecular formula is C11H15NO4S2. The quantitative estimate of drug-likeness (QED) is 0.867. The maximum Gasteiger partial charge on any atom is 0.347 e. The number of hydrogen-bond donors (Lipinski definition) is 2. The first-order chi connectivity index (χ1) is 8.34. The summed E-state index contributed by atoms with van der Waals surface area (Å²) in [5, 5.41) is 10.4. The second kappa shape index (κ2) is 4.64. The van der Waals surface area contributed by atoms with Crippen molar-refractivity contribution in [2.45, 2.75) is 31.1 Å². The van der Waals surface area contributed by atoms with Crippen molar-refractivity contribution >= 4 is 27.3 Å². The summed E-state index contributed by atoms with van der Waals surface area (Å²) in [7, 11) is -3.72. The number of sulfonamides is 1. The minimum atomic E-state index is -3.72. The summed E-state index contributed by atoms with van der Waals surface area (Å²) in [5.74, 6) is -1.21. The normalized spacial score (nSPS) is 18.3. The lowest BCUT2D eigenvalue weighted by atomic mass is 9.71. The molecule has 1 aromatic rings. The van der Waals surface area contributed by atoms with E-state index >= 15 is 0 Å². The zero-order valence-electron chi connectivity index (χ0n) is 9.97. The Morgan fingerprint density at radius 2 is 2.22 bits per heavy atom. The molecular weight excluding hydrogens is 274 g/mol. The van der Waals surface area contributed by atoms with E-state index in [0.717, 1.165) is 30.6 Å². The number of carboxylic acids is 1. The van der Waals surface area contributed by atoms with Crippen LogP contribution < -0.4 is 4.72 Å². The molecule has 0 atom stereocenters. The van der Waals surface area contributed by atoms with Gasteiger partial charge in [-0.3, -0.25) is 0 Å². The average Bonchev–Trinajstić information content (AvgIpc) is 2.73. The first kappa shape index (κ1) is 13.5. The van der Waals surface area contributed by atoms with Gasteiger partial charge in [-0.05, 0) is 29.7 Å². The Morgan fingerprint density at radius 1 is 1.56 bits per heavy atom. The minimum absolute atomic E-state index is 0.0203. The molecule has 0 spiro atoms. The molecule has 1 aromatic heterocycles. The van der Waals surface area contributed by atoms with Crippen LogP contribution in [-0.4, -0.2) is 26.0 Å². The summed E-state index contributed by atoms with van der Waals surface area (Å²) >= 11 is 0.919. The summed E-state index contributed by atoms with van der Waals surface area (Å²) in [6, 6.07) is 1.33. The molecule has 1 aliphatic rings. The van der Waals surface area contributed by atoms with E-state index in [1.54, 1.807) is 0 Å². The Kier molecular flexibility index (Phi) is 3.48. The zero-order valence-corrected chi connectivity index (χ0v) is 11.6. The Hall–Kier alpha value is -0.920. The summed E-state index contributed by atoms with van der Waals surface area (Å²) in [5.41, 5.74) is 0.0203. The maximum atomic E-state index is 12.0. The Bertz CT molecular complexity index is 557. The van der Waals surface area contributed by atoms with Crippen LogP contribution in [0.5, 0.6) is 0 Å². The number of nitrogens with one attached hydrogen (secondary N) is 1. The first-order valence-electron chi connectivity index (χ1n) is 5.65. The molecule has 1 heterocycles. The van der Waals surface area contributed by atoms with E-state index in [0.29, 0.717) is 6.54 Å². The van der Waals surface area contributed by atoms with Crippen molar-refractivity contribution in [3.05, 3.63) is 16.3 Å². The predicted molar refractivity (Wildman–Crippen MR) is 68.4 cm³/mol. The van der Waals surface area contributed by atoms with E-state index in [1.807, 2.05) is 6.92 Å². The fourth-order valence-corrected chi connectivity index (χ4v) is 4.43. The molecule has 2 N–H and O–H groups in total. The summed E-state index contributed by atoms with van der Waals surface area (Å²) < 4.78 is 26.6. The van der Waals surface area contributed by atoms with Crippen molar-refractivity contribution in [2.75, 3.05) is 6.54 Å². The fourth-order valence-electron chi connectivity index (χ4n) is 1.97. The van der Waals surface area contributed by atoms with Crippen molar-refractivity contribution in [2.24, 2.45) is 5.41 Å². The number of carbonyl (C=O) groups is 1. The summed E-state index contributed by atoms with van der Waals surface area (Å²) in [4.78, 5) is 10.6. The maximum absolute atomic E-state index is 12.0. The second-order valence-corrected chi connectivity index (χ2v) is 7.56. The molecule has 0 amide bonds. The summed E-state index contributed by atoms with van der Waals surface area (Å²) in [6.07, 6.45) is 3.13. The molecule has 1 fully saturated rings. The highest BCUT2D eigenvalue weighted by Gasteiger charge is 2.34. The van der Waals surface area contributed by atoms with Gasteiger partial charge in [0.1, 0.15) is 9.77 Å². The number of aromatic carboxylic acids is 1. The monoisotopic (exact) mass is 289 g/mol. The molecule has 5 nitrogen and oxygen atoms in total. The van der Waals surface area contributed by atoms with Crippen LogP contribution in [0.1, 0.15) is 35.9 Å². The van der Waals surface area contributed by atoms with Crippen LogP contribution in [0.3, 0.4) is 0 Å². The average molecular weight is 289 g/mol.